The third-order valence-electron chi connectivity index (χ3n) is 3.89. The normalized spacial score (nSPS) is 15.8. The van der Waals surface area contributed by atoms with Crippen molar-refractivity contribution in [1.29, 1.82) is 0 Å². The van der Waals surface area contributed by atoms with Gasteiger partial charge in [-0.15, -0.1) is 12.4 Å². The van der Waals surface area contributed by atoms with E-state index < -0.39 is 0 Å². The highest BCUT2D eigenvalue weighted by Crippen LogP contribution is 2.22. The van der Waals surface area contributed by atoms with Crippen LogP contribution >= 0.6 is 12.4 Å². The minimum Gasteiger partial charge on any atom is -0.496 e. The Morgan fingerprint density at radius 2 is 2.10 bits per heavy atom. The van der Waals surface area contributed by atoms with Gasteiger partial charge in [-0.1, -0.05) is 25.1 Å². The van der Waals surface area contributed by atoms with Gasteiger partial charge in [-0.2, -0.15) is 0 Å². The standard InChI is InChI=1S/C15H22N2O2.ClH/c1-11(13-8-16-9-13)15(18)17(2)10-12-6-4-5-7-14(12)19-3;/h4-7,11,13,16H,8-10H2,1-3H3;1H. The minimum atomic E-state index is 0. The fourth-order valence-electron chi connectivity index (χ4n) is 2.38. The summed E-state index contributed by atoms with van der Waals surface area (Å²) < 4.78 is 5.32. The molecule has 1 aromatic rings. The van der Waals surface area contributed by atoms with E-state index in [2.05, 4.69) is 5.32 Å². The van der Waals surface area contributed by atoms with Crippen molar-refractivity contribution < 1.29 is 9.53 Å². The number of hydrogen-bond donors (Lipinski definition) is 1. The Balaban J connectivity index is 0.00000200. The molecule has 1 amide bonds. The predicted octanol–water partition coefficient (Wildman–Crippen LogP) is 1.93. The lowest BCUT2D eigenvalue weighted by atomic mass is 9.88. The van der Waals surface area contributed by atoms with Crippen LogP contribution in [0.15, 0.2) is 24.3 Å². The number of nitrogens with one attached hydrogen (secondary N) is 1. The van der Waals surface area contributed by atoms with Crippen LogP contribution in [0.5, 0.6) is 5.75 Å². The number of hydrogen-bond acceptors (Lipinski definition) is 3. The molecular weight excluding hydrogens is 276 g/mol. The highest BCUT2D eigenvalue weighted by molar-refractivity contribution is 5.85. The van der Waals surface area contributed by atoms with Crippen molar-refractivity contribution in [2.24, 2.45) is 11.8 Å². The average molecular weight is 299 g/mol. The van der Waals surface area contributed by atoms with E-state index in [-0.39, 0.29) is 24.2 Å². The molecule has 1 aromatic carbocycles. The maximum atomic E-state index is 12.3. The lowest BCUT2D eigenvalue weighted by molar-refractivity contribution is -0.136. The number of rotatable bonds is 5. The number of carbonyl (C=O) groups excluding carboxylic acids is 1. The summed E-state index contributed by atoms with van der Waals surface area (Å²) in [5.41, 5.74) is 1.04. The van der Waals surface area contributed by atoms with Crippen molar-refractivity contribution in [3.63, 3.8) is 0 Å². The highest BCUT2D eigenvalue weighted by Gasteiger charge is 2.30. The summed E-state index contributed by atoms with van der Waals surface area (Å²) in [6.07, 6.45) is 0. The second-order valence-electron chi connectivity index (χ2n) is 5.21. The number of ether oxygens (including phenoxy) is 1. The fourth-order valence-corrected chi connectivity index (χ4v) is 2.38. The van der Waals surface area contributed by atoms with Crippen LogP contribution in [0.2, 0.25) is 0 Å². The molecule has 112 valence electrons. The van der Waals surface area contributed by atoms with Gasteiger partial charge in [-0.3, -0.25) is 4.79 Å². The maximum Gasteiger partial charge on any atom is 0.225 e. The highest BCUT2D eigenvalue weighted by atomic mass is 35.5. The van der Waals surface area contributed by atoms with Crippen LogP contribution in [-0.4, -0.2) is 38.1 Å². The Labute approximate surface area is 126 Å². The third-order valence-corrected chi connectivity index (χ3v) is 3.89. The minimum absolute atomic E-state index is 0. The first kappa shape index (κ1) is 16.8. The zero-order valence-corrected chi connectivity index (χ0v) is 13.1. The molecule has 0 aliphatic carbocycles. The Hall–Kier alpha value is -1.26. The van der Waals surface area contributed by atoms with E-state index in [0.717, 1.165) is 24.4 Å². The number of methoxy groups -OCH3 is 1. The number of benzene rings is 1. The first-order valence-electron chi connectivity index (χ1n) is 6.71. The second-order valence-corrected chi connectivity index (χ2v) is 5.21. The van der Waals surface area contributed by atoms with Gasteiger partial charge in [0, 0.05) is 25.1 Å². The van der Waals surface area contributed by atoms with E-state index in [4.69, 9.17) is 4.74 Å². The van der Waals surface area contributed by atoms with Crippen molar-refractivity contribution in [3.05, 3.63) is 29.8 Å². The molecular formula is C15H23ClN2O2. The molecule has 1 aliphatic heterocycles. The fraction of sp³-hybridized carbons (Fsp3) is 0.533. The number of amides is 1. The van der Waals surface area contributed by atoms with Crippen LogP contribution in [-0.2, 0) is 11.3 Å². The number of halogens is 1. The lowest BCUT2D eigenvalue weighted by Crippen LogP contribution is -2.49. The van der Waals surface area contributed by atoms with E-state index >= 15 is 0 Å². The summed E-state index contributed by atoms with van der Waals surface area (Å²) in [5, 5.41) is 3.21. The molecule has 1 fully saturated rings. The molecule has 0 radical (unpaired) electrons. The summed E-state index contributed by atoms with van der Waals surface area (Å²) >= 11 is 0. The zero-order chi connectivity index (χ0) is 13.8. The van der Waals surface area contributed by atoms with Gasteiger partial charge in [0.2, 0.25) is 5.91 Å². The summed E-state index contributed by atoms with van der Waals surface area (Å²) in [5.74, 6) is 1.60. The largest absolute Gasteiger partial charge is 0.496 e. The molecule has 20 heavy (non-hydrogen) atoms. The van der Waals surface area contributed by atoms with Crippen molar-refractivity contribution >= 4 is 18.3 Å². The van der Waals surface area contributed by atoms with Gasteiger partial charge < -0.3 is 15.0 Å². The monoisotopic (exact) mass is 298 g/mol. The SMILES string of the molecule is COc1ccccc1CN(C)C(=O)C(C)C1CNC1.Cl. The van der Waals surface area contributed by atoms with E-state index in [0.29, 0.717) is 12.5 Å². The van der Waals surface area contributed by atoms with E-state index in [1.165, 1.54) is 0 Å². The molecule has 1 heterocycles. The van der Waals surface area contributed by atoms with Crippen molar-refractivity contribution in [3.8, 4) is 5.75 Å². The van der Waals surface area contributed by atoms with Gasteiger partial charge in [0.05, 0.1) is 7.11 Å². The third kappa shape index (κ3) is 3.64. The Morgan fingerprint density at radius 3 is 2.65 bits per heavy atom. The lowest BCUT2D eigenvalue weighted by Gasteiger charge is -2.34. The number of carbonyl (C=O) groups is 1. The van der Waals surface area contributed by atoms with E-state index in [1.54, 1.807) is 12.0 Å². The van der Waals surface area contributed by atoms with E-state index in [1.807, 2.05) is 38.2 Å². The summed E-state index contributed by atoms with van der Waals surface area (Å²) in [4.78, 5) is 14.1. The maximum absolute atomic E-state index is 12.3. The zero-order valence-electron chi connectivity index (χ0n) is 12.3. The Morgan fingerprint density at radius 1 is 1.45 bits per heavy atom. The van der Waals surface area contributed by atoms with Crippen LogP contribution in [0.1, 0.15) is 12.5 Å². The van der Waals surface area contributed by atoms with Gasteiger partial charge in [0.15, 0.2) is 0 Å². The first-order chi connectivity index (χ1) is 9.13. The van der Waals surface area contributed by atoms with Gasteiger partial charge in [-0.25, -0.2) is 0 Å². The molecule has 4 nitrogen and oxygen atoms in total. The summed E-state index contributed by atoms with van der Waals surface area (Å²) in [6.45, 7) is 4.52. The van der Waals surface area contributed by atoms with Crippen molar-refractivity contribution in [1.82, 2.24) is 10.2 Å². The van der Waals surface area contributed by atoms with Crippen LogP contribution in [0.3, 0.4) is 0 Å². The Kier molecular flexibility index (Phi) is 6.30. The molecule has 1 saturated heterocycles. The van der Waals surface area contributed by atoms with Crippen LogP contribution in [0.25, 0.3) is 0 Å². The van der Waals surface area contributed by atoms with Crippen LogP contribution < -0.4 is 10.1 Å². The molecule has 0 spiro atoms. The van der Waals surface area contributed by atoms with Crippen LogP contribution in [0, 0.1) is 11.8 Å². The second kappa shape index (κ2) is 7.50. The Bertz CT molecular complexity index is 449. The quantitative estimate of drug-likeness (QED) is 0.903. The average Bonchev–Trinajstić information content (AvgIpc) is 2.36. The van der Waals surface area contributed by atoms with Crippen molar-refractivity contribution in [2.75, 3.05) is 27.2 Å². The topological polar surface area (TPSA) is 41.6 Å². The van der Waals surface area contributed by atoms with Gasteiger partial charge >= 0.3 is 0 Å². The number of nitrogens with zero attached hydrogens (tertiary/aromatic N) is 1. The number of para-hydroxylation sites is 1. The summed E-state index contributed by atoms with van der Waals surface area (Å²) in [7, 11) is 3.51. The van der Waals surface area contributed by atoms with E-state index in [9.17, 15) is 4.79 Å². The molecule has 1 atom stereocenters. The molecule has 0 aromatic heterocycles. The summed E-state index contributed by atoms with van der Waals surface area (Å²) in [6, 6.07) is 7.83. The molecule has 1 unspecified atom stereocenters. The van der Waals surface area contributed by atoms with Gasteiger partial charge in [0.25, 0.3) is 0 Å². The smallest absolute Gasteiger partial charge is 0.225 e. The van der Waals surface area contributed by atoms with Crippen molar-refractivity contribution in [2.45, 2.75) is 13.5 Å². The van der Waals surface area contributed by atoms with Gasteiger partial charge in [-0.05, 0) is 25.1 Å². The molecule has 0 bridgehead atoms. The molecule has 1 N–H and O–H groups in total. The predicted molar refractivity (Wildman–Crippen MR) is 82.2 cm³/mol. The molecule has 2 rings (SSSR count). The first-order valence-corrected chi connectivity index (χ1v) is 6.71. The van der Waals surface area contributed by atoms with Gasteiger partial charge in [0.1, 0.15) is 5.75 Å². The van der Waals surface area contributed by atoms with Crippen LogP contribution in [0.4, 0.5) is 0 Å². The molecule has 5 heteroatoms. The molecule has 0 saturated carbocycles. The molecule has 1 aliphatic rings.